The highest BCUT2D eigenvalue weighted by molar-refractivity contribution is 5.81. The van der Waals surface area contributed by atoms with Crippen LogP contribution >= 0.6 is 0 Å². The molecule has 0 heterocycles. The van der Waals surface area contributed by atoms with E-state index < -0.39 is 0 Å². The van der Waals surface area contributed by atoms with Crippen LogP contribution in [-0.4, -0.2) is 25.0 Å². The van der Waals surface area contributed by atoms with E-state index in [9.17, 15) is 4.79 Å². The van der Waals surface area contributed by atoms with Gasteiger partial charge in [0, 0.05) is 6.54 Å². The van der Waals surface area contributed by atoms with Gasteiger partial charge in [0.15, 0.2) is 0 Å². The normalized spacial score (nSPS) is 19.6. The van der Waals surface area contributed by atoms with E-state index in [1.807, 2.05) is 6.92 Å². The molecule has 2 N–H and O–H groups in total. The van der Waals surface area contributed by atoms with Crippen molar-refractivity contribution >= 4 is 5.91 Å². The van der Waals surface area contributed by atoms with Crippen molar-refractivity contribution < 1.29 is 4.79 Å². The highest BCUT2D eigenvalue weighted by Gasteiger charge is 2.28. The number of nitrogens with one attached hydrogen (secondary N) is 2. The molecular weight excluding hydrogens is 200 g/mol. The summed E-state index contributed by atoms with van der Waals surface area (Å²) in [5.74, 6) is 2.25. The third-order valence-corrected chi connectivity index (χ3v) is 3.25. The van der Waals surface area contributed by atoms with Crippen LogP contribution in [0, 0.1) is 17.8 Å². The van der Waals surface area contributed by atoms with Gasteiger partial charge in [-0.25, -0.2) is 0 Å². The number of hydrogen-bond acceptors (Lipinski definition) is 2. The van der Waals surface area contributed by atoms with Gasteiger partial charge in [-0.15, -0.1) is 0 Å². The van der Waals surface area contributed by atoms with Crippen LogP contribution in [0.3, 0.4) is 0 Å². The summed E-state index contributed by atoms with van der Waals surface area (Å²) in [5.41, 5.74) is 0. The van der Waals surface area contributed by atoms with Crippen molar-refractivity contribution in [3.8, 4) is 0 Å². The standard InChI is InChI=1S/C13H26N2O/c1-9(2)7-15-13(16)11(4)14-8-10(3)12-5-6-12/h9-12,14H,5-8H2,1-4H3,(H,15,16). The maximum Gasteiger partial charge on any atom is 0.236 e. The van der Waals surface area contributed by atoms with Crippen LogP contribution in [0.2, 0.25) is 0 Å². The van der Waals surface area contributed by atoms with E-state index in [0.717, 1.165) is 19.0 Å². The van der Waals surface area contributed by atoms with Crippen molar-refractivity contribution in [2.24, 2.45) is 17.8 Å². The Morgan fingerprint density at radius 3 is 2.31 bits per heavy atom. The zero-order chi connectivity index (χ0) is 12.1. The maximum atomic E-state index is 11.7. The summed E-state index contributed by atoms with van der Waals surface area (Å²) in [6, 6.07) is -0.0695. The lowest BCUT2D eigenvalue weighted by atomic mass is 10.1. The fraction of sp³-hybridized carbons (Fsp3) is 0.923. The van der Waals surface area contributed by atoms with Gasteiger partial charge in [-0.05, 0) is 44.1 Å². The van der Waals surface area contributed by atoms with Crippen LogP contribution in [0.25, 0.3) is 0 Å². The predicted octanol–water partition coefficient (Wildman–Crippen LogP) is 1.78. The van der Waals surface area contributed by atoms with E-state index in [2.05, 4.69) is 31.4 Å². The second kappa shape index (κ2) is 6.24. The smallest absolute Gasteiger partial charge is 0.236 e. The first kappa shape index (κ1) is 13.5. The molecule has 0 radical (unpaired) electrons. The molecule has 3 nitrogen and oxygen atoms in total. The van der Waals surface area contributed by atoms with Gasteiger partial charge in [-0.2, -0.15) is 0 Å². The van der Waals surface area contributed by atoms with Crippen molar-refractivity contribution in [2.75, 3.05) is 13.1 Å². The Morgan fingerprint density at radius 1 is 1.19 bits per heavy atom. The molecule has 1 saturated carbocycles. The fourth-order valence-electron chi connectivity index (χ4n) is 1.75. The van der Waals surface area contributed by atoms with Gasteiger partial charge in [0.05, 0.1) is 6.04 Å². The molecule has 0 aliphatic heterocycles. The quantitative estimate of drug-likeness (QED) is 0.695. The summed E-state index contributed by atoms with van der Waals surface area (Å²) in [6.45, 7) is 10.1. The van der Waals surface area contributed by atoms with Gasteiger partial charge >= 0.3 is 0 Å². The lowest BCUT2D eigenvalue weighted by Gasteiger charge is -2.17. The predicted molar refractivity (Wildman–Crippen MR) is 67.2 cm³/mol. The molecule has 16 heavy (non-hydrogen) atoms. The molecule has 0 aromatic rings. The summed E-state index contributed by atoms with van der Waals surface area (Å²) < 4.78 is 0. The van der Waals surface area contributed by atoms with Crippen molar-refractivity contribution in [1.29, 1.82) is 0 Å². The van der Waals surface area contributed by atoms with Crippen molar-refractivity contribution in [3.63, 3.8) is 0 Å². The van der Waals surface area contributed by atoms with Crippen LogP contribution in [-0.2, 0) is 4.79 Å². The lowest BCUT2D eigenvalue weighted by molar-refractivity contribution is -0.122. The van der Waals surface area contributed by atoms with Crippen LogP contribution in [0.4, 0.5) is 0 Å². The van der Waals surface area contributed by atoms with E-state index in [1.165, 1.54) is 12.8 Å². The number of rotatable bonds is 7. The van der Waals surface area contributed by atoms with Crippen molar-refractivity contribution in [3.05, 3.63) is 0 Å². The number of amides is 1. The Labute approximate surface area is 99.4 Å². The van der Waals surface area contributed by atoms with E-state index in [1.54, 1.807) is 0 Å². The van der Waals surface area contributed by atoms with Crippen molar-refractivity contribution in [2.45, 2.75) is 46.6 Å². The van der Waals surface area contributed by atoms with Crippen LogP contribution in [0.1, 0.15) is 40.5 Å². The molecule has 94 valence electrons. The highest BCUT2D eigenvalue weighted by Crippen LogP contribution is 2.36. The van der Waals surface area contributed by atoms with Crippen LogP contribution in [0.5, 0.6) is 0 Å². The molecule has 1 aliphatic rings. The van der Waals surface area contributed by atoms with E-state index in [-0.39, 0.29) is 11.9 Å². The molecule has 0 aromatic carbocycles. The summed E-state index contributed by atoms with van der Waals surface area (Å²) in [5, 5.41) is 6.26. The molecule has 3 heteroatoms. The summed E-state index contributed by atoms with van der Waals surface area (Å²) in [6.07, 6.45) is 2.74. The molecule has 0 spiro atoms. The Bertz CT molecular complexity index is 224. The van der Waals surface area contributed by atoms with Crippen molar-refractivity contribution in [1.82, 2.24) is 10.6 Å². The minimum Gasteiger partial charge on any atom is -0.354 e. The van der Waals surface area contributed by atoms with E-state index in [0.29, 0.717) is 11.8 Å². The fourth-order valence-corrected chi connectivity index (χ4v) is 1.75. The Hall–Kier alpha value is -0.570. The minimum absolute atomic E-state index is 0.0695. The summed E-state index contributed by atoms with van der Waals surface area (Å²) >= 11 is 0. The monoisotopic (exact) mass is 226 g/mol. The van der Waals surface area contributed by atoms with Gasteiger partial charge in [-0.3, -0.25) is 4.79 Å². The molecule has 2 unspecified atom stereocenters. The molecule has 0 bridgehead atoms. The molecule has 1 rings (SSSR count). The highest BCUT2D eigenvalue weighted by atomic mass is 16.2. The van der Waals surface area contributed by atoms with Gasteiger partial charge < -0.3 is 10.6 Å². The number of hydrogen-bond donors (Lipinski definition) is 2. The second-order valence-corrected chi connectivity index (χ2v) is 5.58. The maximum absolute atomic E-state index is 11.7. The average Bonchev–Trinajstić information content (AvgIpc) is 3.05. The van der Waals surface area contributed by atoms with Crippen LogP contribution < -0.4 is 10.6 Å². The SMILES string of the molecule is CC(C)CNC(=O)C(C)NCC(C)C1CC1. The molecule has 0 saturated heterocycles. The molecular formula is C13H26N2O. The van der Waals surface area contributed by atoms with Gasteiger partial charge in [0.25, 0.3) is 0 Å². The van der Waals surface area contributed by atoms with E-state index in [4.69, 9.17) is 0 Å². The third-order valence-electron chi connectivity index (χ3n) is 3.25. The minimum atomic E-state index is -0.0695. The van der Waals surface area contributed by atoms with Gasteiger partial charge in [-0.1, -0.05) is 20.8 Å². The average molecular weight is 226 g/mol. The Morgan fingerprint density at radius 2 is 1.81 bits per heavy atom. The number of carbonyl (C=O) groups excluding carboxylic acids is 1. The molecule has 1 amide bonds. The summed E-state index contributed by atoms with van der Waals surface area (Å²) in [4.78, 5) is 11.7. The zero-order valence-electron chi connectivity index (χ0n) is 11.0. The first-order chi connectivity index (χ1) is 7.50. The lowest BCUT2D eigenvalue weighted by Crippen LogP contribution is -2.44. The molecule has 0 aromatic heterocycles. The first-order valence-corrected chi connectivity index (χ1v) is 6.51. The molecule has 1 aliphatic carbocycles. The number of carbonyl (C=O) groups is 1. The molecule has 1 fully saturated rings. The molecule has 2 atom stereocenters. The Kier molecular flexibility index (Phi) is 5.26. The first-order valence-electron chi connectivity index (χ1n) is 6.51. The third kappa shape index (κ3) is 4.97. The van der Waals surface area contributed by atoms with E-state index >= 15 is 0 Å². The zero-order valence-corrected chi connectivity index (χ0v) is 11.0. The second-order valence-electron chi connectivity index (χ2n) is 5.58. The van der Waals surface area contributed by atoms with Gasteiger partial charge in [0.1, 0.15) is 0 Å². The van der Waals surface area contributed by atoms with Crippen LogP contribution in [0.15, 0.2) is 0 Å². The topological polar surface area (TPSA) is 41.1 Å². The largest absolute Gasteiger partial charge is 0.354 e. The van der Waals surface area contributed by atoms with Gasteiger partial charge in [0.2, 0.25) is 5.91 Å². The Balaban J connectivity index is 2.12. The summed E-state index contributed by atoms with van der Waals surface area (Å²) in [7, 11) is 0.